The zero-order chi connectivity index (χ0) is 20.0. The second-order valence-corrected chi connectivity index (χ2v) is 4.01. The predicted molar refractivity (Wildman–Crippen MR) is 69.6 cm³/mol. The summed E-state index contributed by atoms with van der Waals surface area (Å²) in [6.45, 7) is 0. The van der Waals surface area contributed by atoms with Crippen molar-refractivity contribution in [3.63, 3.8) is 0 Å². The molecular weight excluding hydrogens is 396 g/mol. The minimum absolute atomic E-state index is 0.656. The van der Waals surface area contributed by atoms with Crippen LogP contribution in [0.25, 0.3) is 0 Å². The first-order chi connectivity index (χ1) is 10.4. The van der Waals surface area contributed by atoms with Crippen LogP contribution in [0, 0.1) is 5.94 Å². The van der Waals surface area contributed by atoms with Crippen LogP contribution in [0.5, 0.6) is 0 Å². The van der Waals surface area contributed by atoms with E-state index in [4.69, 9.17) is 0 Å². The zero-order valence-electron chi connectivity index (χ0n) is 11.7. The van der Waals surface area contributed by atoms with Crippen molar-refractivity contribution < 1.29 is 51.8 Å². The molecule has 0 aliphatic heterocycles. The van der Waals surface area contributed by atoms with Gasteiger partial charge in [0.1, 0.15) is 0 Å². The van der Waals surface area contributed by atoms with Crippen LogP contribution in [0.15, 0.2) is 30.3 Å². The summed E-state index contributed by atoms with van der Waals surface area (Å²) >= 11 is 0.656. The van der Waals surface area contributed by atoms with Gasteiger partial charge in [-0.25, -0.2) is 0 Å². The molecule has 0 unspecified atom stereocenters. The number of benzene rings is 1. The second kappa shape index (κ2) is 14.0. The van der Waals surface area contributed by atoms with Gasteiger partial charge in [-0.1, -0.05) is 0 Å². The summed E-state index contributed by atoms with van der Waals surface area (Å²) in [6, 6.07) is 10.1. The Morgan fingerprint density at radius 3 is 1.04 bits per heavy atom. The third-order valence-corrected chi connectivity index (χ3v) is 1.43. The molecule has 1 aromatic carbocycles. The molecule has 0 bridgehead atoms. The molecule has 0 aliphatic rings. The Balaban J connectivity index is -0.000000259. The number of hydrogen-bond donors (Lipinski definition) is 0. The molecule has 0 fully saturated rings. The van der Waals surface area contributed by atoms with E-state index in [1.807, 2.05) is 30.3 Å². The molecule has 1 aromatic rings. The minimum atomic E-state index is -6.00. The van der Waals surface area contributed by atoms with E-state index in [9.17, 15) is 51.8 Å². The Labute approximate surface area is 163 Å². The van der Waals surface area contributed by atoms with Crippen molar-refractivity contribution in [3.8, 4) is 5.94 Å². The van der Waals surface area contributed by atoms with E-state index in [0.717, 1.165) is 5.56 Å². The van der Waals surface area contributed by atoms with Gasteiger partial charge in [-0.15, -0.1) is 0 Å². The summed E-state index contributed by atoms with van der Waals surface area (Å²) < 4.78 is 120. The fourth-order valence-electron chi connectivity index (χ4n) is 0.666. The molecule has 0 saturated heterocycles. The Hall–Kier alpha value is -0.229. The number of rotatable bonds is 0. The van der Waals surface area contributed by atoms with Gasteiger partial charge in [0.25, 0.3) is 0 Å². The van der Waals surface area contributed by atoms with E-state index < -0.39 is 21.8 Å². The van der Waals surface area contributed by atoms with Crippen LogP contribution in [0.2, 0.25) is 0 Å². The standard InChI is InChI=1S/C8H5.3BF4.K/c1-2-8-6-4-3-5-7-8;3*2-1(3,4)5;/h3-7H;;;;/q;3*-1;. The molecule has 0 heterocycles. The molecule has 0 aromatic heterocycles. The SMILES string of the molecule is F[B-](F)(F)F.F[B-](F)(F)F.F[B-](F)(F)F.[K][C]#Cc1ccccc1. The van der Waals surface area contributed by atoms with Crippen LogP contribution in [-0.4, -0.2) is 70.7 Å². The fourth-order valence-corrected chi connectivity index (χ4v) is 1.12. The fraction of sp³-hybridized carbons (Fsp3) is 0. The van der Waals surface area contributed by atoms with Gasteiger partial charge in [0.2, 0.25) is 0 Å². The second-order valence-electron chi connectivity index (χ2n) is 3.23. The van der Waals surface area contributed by atoms with Crippen LogP contribution in [0.3, 0.4) is 0 Å². The van der Waals surface area contributed by atoms with Crippen LogP contribution in [0.4, 0.5) is 51.8 Å². The van der Waals surface area contributed by atoms with Gasteiger partial charge >= 0.3 is 113 Å². The molecule has 0 amide bonds. The average molecular weight is 401 g/mol. The first kappa shape index (κ1) is 28.6. The van der Waals surface area contributed by atoms with Crippen molar-refractivity contribution in [1.82, 2.24) is 0 Å². The van der Waals surface area contributed by atoms with Crippen LogP contribution in [0.1, 0.15) is 5.56 Å². The topological polar surface area (TPSA) is 0 Å². The van der Waals surface area contributed by atoms with Gasteiger partial charge in [-0.2, -0.15) is 0 Å². The molecule has 0 N–H and O–H groups in total. The van der Waals surface area contributed by atoms with E-state index in [-0.39, 0.29) is 0 Å². The Kier molecular flexibility index (Phi) is 16.7. The van der Waals surface area contributed by atoms with E-state index in [1.165, 1.54) is 0 Å². The van der Waals surface area contributed by atoms with E-state index in [0.29, 0.717) is 49.0 Å². The summed E-state index contributed by atoms with van der Waals surface area (Å²) in [4.78, 5) is 0. The molecule has 16 heteroatoms. The molecule has 134 valence electrons. The Morgan fingerprint density at radius 2 is 0.833 bits per heavy atom. The van der Waals surface area contributed by atoms with E-state index >= 15 is 0 Å². The van der Waals surface area contributed by atoms with Crippen molar-refractivity contribution in [2.24, 2.45) is 0 Å². The summed E-state index contributed by atoms with van der Waals surface area (Å²) in [5, 5.41) is 0. The quantitative estimate of drug-likeness (QED) is 0.324. The predicted octanol–water partition coefficient (Wildman–Crippen LogP) is 5.06. The number of hydrogen-bond acceptors (Lipinski definition) is 0. The number of halogens is 12. The normalized spacial score (nSPS) is 10.4. The van der Waals surface area contributed by atoms with Gasteiger partial charge in [-0.3, -0.25) is 0 Å². The third kappa shape index (κ3) is 81.0. The van der Waals surface area contributed by atoms with Gasteiger partial charge in [0.15, 0.2) is 0 Å². The molecule has 0 radical (unpaired) electrons. The first-order valence-electron chi connectivity index (χ1n) is 5.53. The Bertz CT molecular complexity index is 425. The monoisotopic (exact) mass is 401 g/mol. The van der Waals surface area contributed by atoms with Crippen molar-refractivity contribution in [2.75, 3.05) is 0 Å². The average Bonchev–Trinajstić information content (AvgIpc) is 2.23. The summed E-state index contributed by atoms with van der Waals surface area (Å²) in [7, 11) is -18.0. The van der Waals surface area contributed by atoms with E-state index in [1.54, 1.807) is 0 Å². The van der Waals surface area contributed by atoms with Crippen molar-refractivity contribution >= 4 is 70.7 Å². The molecule has 0 nitrogen and oxygen atoms in total. The van der Waals surface area contributed by atoms with Gasteiger partial charge in [0, 0.05) is 0 Å². The van der Waals surface area contributed by atoms with Gasteiger partial charge < -0.3 is 51.8 Å². The van der Waals surface area contributed by atoms with Crippen molar-refractivity contribution in [1.29, 1.82) is 0 Å². The van der Waals surface area contributed by atoms with Crippen LogP contribution >= 0.6 is 0 Å². The third-order valence-electron chi connectivity index (χ3n) is 1.04. The summed E-state index contributed by atoms with van der Waals surface area (Å²) in [5.74, 6) is 3.04. The van der Waals surface area contributed by atoms with Gasteiger partial charge in [-0.05, 0) is 0 Å². The Morgan fingerprint density at radius 1 is 0.583 bits per heavy atom. The molecular formula is C8H5B3F12K-3. The van der Waals surface area contributed by atoms with Crippen molar-refractivity contribution in [3.05, 3.63) is 35.9 Å². The first-order valence-corrected chi connectivity index (χ1v) is 7.09. The van der Waals surface area contributed by atoms with Gasteiger partial charge in [0.05, 0.1) is 0 Å². The zero-order valence-corrected chi connectivity index (χ0v) is 14.8. The molecule has 1 rings (SSSR count). The van der Waals surface area contributed by atoms with Crippen LogP contribution in [-0.2, 0) is 0 Å². The van der Waals surface area contributed by atoms with Crippen LogP contribution < -0.4 is 0 Å². The molecule has 0 atom stereocenters. The van der Waals surface area contributed by atoms with E-state index in [2.05, 4.69) is 5.94 Å². The maximum absolute atomic E-state index is 9.75. The molecule has 0 aliphatic carbocycles. The molecule has 0 spiro atoms. The van der Waals surface area contributed by atoms with Crippen molar-refractivity contribution in [2.45, 2.75) is 0 Å². The summed E-state index contributed by atoms with van der Waals surface area (Å²) in [6.07, 6.45) is 0. The maximum atomic E-state index is 9.75. The molecule has 24 heavy (non-hydrogen) atoms. The summed E-state index contributed by atoms with van der Waals surface area (Å²) in [5.41, 5.74) is 1.13. The molecule has 0 saturated carbocycles.